The molecule has 3 rings (SSSR count). The highest BCUT2D eigenvalue weighted by molar-refractivity contribution is 5.97. The normalized spacial score (nSPS) is 17.3. The Hall–Kier alpha value is -1.95. The minimum Gasteiger partial charge on any atom is -0.386 e. The molecule has 1 N–H and O–H groups in total. The van der Waals surface area contributed by atoms with E-state index in [0.29, 0.717) is 18.7 Å². The summed E-state index contributed by atoms with van der Waals surface area (Å²) in [6.45, 7) is 7.47. The lowest BCUT2D eigenvalue weighted by Crippen LogP contribution is -2.65. The number of aromatic nitrogens is 3. The topological polar surface area (TPSA) is 71.2 Å². The number of hydrogen-bond donors (Lipinski definition) is 1. The molecule has 6 heteroatoms. The van der Waals surface area contributed by atoms with Crippen molar-refractivity contribution in [2.45, 2.75) is 32.9 Å². The van der Waals surface area contributed by atoms with Crippen LogP contribution in [0.2, 0.25) is 0 Å². The standard InChI is InChI=1S/C15H20N4O2/c1-4-19-13-6-5-11(7-12(13)16-17-19)14(20)18-8-15(21,9-18)10(2)3/h5-7,10,21H,4,8-9H2,1-3H3. The van der Waals surface area contributed by atoms with E-state index in [1.165, 1.54) is 0 Å². The molecule has 2 aromatic rings. The third-order valence-corrected chi connectivity index (χ3v) is 4.35. The third-order valence-electron chi connectivity index (χ3n) is 4.35. The number of hydrogen-bond acceptors (Lipinski definition) is 4. The zero-order valence-electron chi connectivity index (χ0n) is 12.6. The van der Waals surface area contributed by atoms with Gasteiger partial charge in [-0.05, 0) is 31.0 Å². The average Bonchev–Trinajstić information content (AvgIpc) is 2.84. The van der Waals surface area contributed by atoms with E-state index in [1.54, 1.807) is 21.7 Å². The Kier molecular flexibility index (Phi) is 3.20. The maximum Gasteiger partial charge on any atom is 0.254 e. The molecule has 0 atom stereocenters. The SMILES string of the molecule is CCn1nnc2cc(C(=O)N3CC(O)(C(C)C)C3)ccc21. The molecule has 21 heavy (non-hydrogen) atoms. The first-order chi connectivity index (χ1) is 9.94. The van der Waals surface area contributed by atoms with Crippen molar-refractivity contribution in [3.8, 4) is 0 Å². The molecule has 2 heterocycles. The first kappa shape index (κ1) is 14.0. The molecular weight excluding hydrogens is 268 g/mol. The molecule has 1 aliphatic heterocycles. The number of nitrogens with zero attached hydrogens (tertiary/aromatic N) is 4. The van der Waals surface area contributed by atoms with E-state index in [2.05, 4.69) is 10.3 Å². The molecule has 0 unspecified atom stereocenters. The summed E-state index contributed by atoms with van der Waals surface area (Å²) in [4.78, 5) is 14.1. The molecule has 0 bridgehead atoms. The quantitative estimate of drug-likeness (QED) is 0.924. The Bertz CT molecular complexity index is 686. The number of aliphatic hydroxyl groups is 1. The molecule has 0 saturated carbocycles. The monoisotopic (exact) mass is 288 g/mol. The molecule has 1 aromatic carbocycles. The number of benzene rings is 1. The van der Waals surface area contributed by atoms with E-state index >= 15 is 0 Å². The van der Waals surface area contributed by atoms with Gasteiger partial charge in [-0.25, -0.2) is 4.68 Å². The van der Waals surface area contributed by atoms with Gasteiger partial charge in [-0.1, -0.05) is 19.1 Å². The fourth-order valence-corrected chi connectivity index (χ4v) is 2.64. The highest BCUT2D eigenvalue weighted by Crippen LogP contribution is 2.30. The Balaban J connectivity index is 1.80. The molecule has 1 aromatic heterocycles. The van der Waals surface area contributed by atoms with Gasteiger partial charge in [0.05, 0.1) is 18.6 Å². The maximum absolute atomic E-state index is 12.4. The predicted molar refractivity (Wildman–Crippen MR) is 78.9 cm³/mol. The maximum atomic E-state index is 12.4. The average molecular weight is 288 g/mol. The fraction of sp³-hybridized carbons (Fsp3) is 0.533. The van der Waals surface area contributed by atoms with Crippen LogP contribution in [0, 0.1) is 5.92 Å². The van der Waals surface area contributed by atoms with Crippen molar-refractivity contribution in [1.82, 2.24) is 19.9 Å². The van der Waals surface area contributed by atoms with Gasteiger partial charge in [0.15, 0.2) is 0 Å². The summed E-state index contributed by atoms with van der Waals surface area (Å²) in [7, 11) is 0. The summed E-state index contributed by atoms with van der Waals surface area (Å²) in [5, 5.41) is 18.4. The van der Waals surface area contributed by atoms with Crippen LogP contribution < -0.4 is 0 Å². The summed E-state index contributed by atoms with van der Waals surface area (Å²) in [5.74, 6) is 0.0850. The highest BCUT2D eigenvalue weighted by atomic mass is 16.3. The third kappa shape index (κ3) is 2.19. The lowest BCUT2D eigenvalue weighted by atomic mass is 9.82. The molecule has 0 radical (unpaired) electrons. The van der Waals surface area contributed by atoms with E-state index in [9.17, 15) is 9.90 Å². The van der Waals surface area contributed by atoms with Gasteiger partial charge in [-0.2, -0.15) is 0 Å². The second kappa shape index (κ2) is 4.80. The van der Waals surface area contributed by atoms with Crippen LogP contribution in [0.4, 0.5) is 0 Å². The minimum atomic E-state index is -0.745. The van der Waals surface area contributed by atoms with E-state index in [-0.39, 0.29) is 11.8 Å². The van der Waals surface area contributed by atoms with Gasteiger partial charge in [0.25, 0.3) is 5.91 Å². The number of amides is 1. The summed E-state index contributed by atoms with van der Waals surface area (Å²) in [6, 6.07) is 5.44. The summed E-state index contributed by atoms with van der Waals surface area (Å²) >= 11 is 0. The van der Waals surface area contributed by atoms with Crippen LogP contribution in [-0.4, -0.2) is 49.6 Å². The van der Waals surface area contributed by atoms with Gasteiger partial charge in [-0.15, -0.1) is 5.10 Å². The van der Waals surface area contributed by atoms with E-state index in [0.717, 1.165) is 17.6 Å². The molecule has 0 aliphatic carbocycles. The number of fused-ring (bicyclic) bond motifs is 1. The minimum absolute atomic E-state index is 0.0618. The van der Waals surface area contributed by atoms with Gasteiger partial charge in [0, 0.05) is 12.1 Å². The van der Waals surface area contributed by atoms with Crippen molar-refractivity contribution < 1.29 is 9.90 Å². The Morgan fingerprint density at radius 3 is 2.76 bits per heavy atom. The zero-order valence-corrected chi connectivity index (χ0v) is 12.6. The largest absolute Gasteiger partial charge is 0.386 e. The predicted octanol–water partition coefficient (Wildman–Crippen LogP) is 1.29. The van der Waals surface area contributed by atoms with Crippen LogP contribution in [0.5, 0.6) is 0 Å². The van der Waals surface area contributed by atoms with Crippen LogP contribution in [0.25, 0.3) is 11.0 Å². The van der Waals surface area contributed by atoms with Crippen molar-refractivity contribution in [1.29, 1.82) is 0 Å². The van der Waals surface area contributed by atoms with Crippen LogP contribution in [0.1, 0.15) is 31.1 Å². The number of carbonyl (C=O) groups is 1. The number of likely N-dealkylation sites (tertiary alicyclic amines) is 1. The number of rotatable bonds is 3. The van der Waals surface area contributed by atoms with Crippen molar-refractivity contribution >= 4 is 16.9 Å². The summed E-state index contributed by atoms with van der Waals surface area (Å²) in [5.41, 5.74) is 1.50. The molecule has 1 amide bonds. The van der Waals surface area contributed by atoms with Crippen LogP contribution in [-0.2, 0) is 6.54 Å². The Labute approximate surface area is 123 Å². The van der Waals surface area contributed by atoms with Gasteiger partial charge >= 0.3 is 0 Å². The lowest BCUT2D eigenvalue weighted by Gasteiger charge is -2.49. The first-order valence-electron chi connectivity index (χ1n) is 7.29. The molecule has 1 fully saturated rings. The van der Waals surface area contributed by atoms with Crippen LogP contribution >= 0.6 is 0 Å². The van der Waals surface area contributed by atoms with E-state index in [1.807, 2.05) is 26.8 Å². The second-order valence-corrected chi connectivity index (χ2v) is 6.03. The van der Waals surface area contributed by atoms with E-state index in [4.69, 9.17) is 0 Å². The molecule has 1 aliphatic rings. The summed E-state index contributed by atoms with van der Waals surface area (Å²) < 4.78 is 1.80. The smallest absolute Gasteiger partial charge is 0.254 e. The van der Waals surface area contributed by atoms with Crippen LogP contribution in [0.15, 0.2) is 18.2 Å². The summed E-state index contributed by atoms with van der Waals surface area (Å²) in [6.07, 6.45) is 0. The molecule has 6 nitrogen and oxygen atoms in total. The first-order valence-corrected chi connectivity index (χ1v) is 7.29. The van der Waals surface area contributed by atoms with Gasteiger partial charge in [-0.3, -0.25) is 4.79 Å². The number of carbonyl (C=O) groups excluding carboxylic acids is 1. The van der Waals surface area contributed by atoms with Gasteiger partial charge < -0.3 is 10.0 Å². The number of β-amino-alcohol motifs (C(OH)–C–C–N with tert-alkyl or cyclic N) is 1. The van der Waals surface area contributed by atoms with Gasteiger partial charge in [0.2, 0.25) is 0 Å². The fourth-order valence-electron chi connectivity index (χ4n) is 2.64. The highest BCUT2D eigenvalue weighted by Gasteiger charge is 2.45. The van der Waals surface area contributed by atoms with Crippen molar-refractivity contribution in [3.63, 3.8) is 0 Å². The Morgan fingerprint density at radius 2 is 2.14 bits per heavy atom. The molecule has 1 saturated heterocycles. The lowest BCUT2D eigenvalue weighted by molar-refractivity contribution is -0.110. The molecular formula is C15H20N4O2. The molecule has 112 valence electrons. The van der Waals surface area contributed by atoms with Crippen molar-refractivity contribution in [3.05, 3.63) is 23.8 Å². The number of aryl methyl sites for hydroxylation is 1. The second-order valence-electron chi connectivity index (χ2n) is 6.03. The van der Waals surface area contributed by atoms with Crippen molar-refractivity contribution in [2.75, 3.05) is 13.1 Å². The van der Waals surface area contributed by atoms with Gasteiger partial charge in [0.1, 0.15) is 11.1 Å². The van der Waals surface area contributed by atoms with Crippen LogP contribution in [0.3, 0.4) is 0 Å². The Morgan fingerprint density at radius 1 is 1.43 bits per heavy atom. The molecule has 0 spiro atoms. The van der Waals surface area contributed by atoms with Crippen molar-refractivity contribution in [2.24, 2.45) is 5.92 Å². The zero-order chi connectivity index (χ0) is 15.2. The van der Waals surface area contributed by atoms with E-state index < -0.39 is 5.60 Å².